The average Bonchev–Trinajstić information content (AvgIpc) is 2.36. The molecule has 0 atom stereocenters. The molecule has 0 aliphatic carbocycles. The van der Waals surface area contributed by atoms with Crippen molar-refractivity contribution in [3.05, 3.63) is 34.9 Å². The van der Waals surface area contributed by atoms with Gasteiger partial charge in [0.15, 0.2) is 0 Å². The number of halogens is 1. The molecule has 0 N–H and O–H groups in total. The number of hydrogen-bond acceptors (Lipinski definition) is 4. The Kier molecular flexibility index (Phi) is 6.87. The molecule has 0 aliphatic rings. The fourth-order valence-electron chi connectivity index (χ4n) is 1.24. The molecule has 0 heterocycles. The Balaban J connectivity index is 2.18. The van der Waals surface area contributed by atoms with Gasteiger partial charge in [0.25, 0.3) is 0 Å². The Bertz CT molecular complexity index is 407. The zero-order chi connectivity index (χ0) is 13.2. The zero-order valence-electron chi connectivity index (χ0n) is 10.3. The van der Waals surface area contributed by atoms with E-state index in [1.54, 1.807) is 19.2 Å². The topological polar surface area (TPSA) is 47.9 Å². The lowest BCUT2D eigenvalue weighted by molar-refractivity contribution is -0.143. The number of esters is 1. The van der Waals surface area contributed by atoms with Crippen LogP contribution in [0.1, 0.15) is 25.3 Å². The molecule has 0 spiro atoms. The van der Waals surface area contributed by atoms with Gasteiger partial charge in [-0.2, -0.15) is 0 Å². The highest BCUT2D eigenvalue weighted by atomic mass is 35.5. The predicted octanol–water partition coefficient (Wildman–Crippen LogP) is 3.03. The second-order valence-corrected chi connectivity index (χ2v) is 3.91. The van der Waals surface area contributed by atoms with Crippen LogP contribution in [0, 0.1) is 0 Å². The third kappa shape index (κ3) is 5.68. The molecule has 1 aromatic rings. The first-order valence-electron chi connectivity index (χ1n) is 5.79. The summed E-state index contributed by atoms with van der Waals surface area (Å²) in [5, 5.41) is 4.41. The summed E-state index contributed by atoms with van der Waals surface area (Å²) in [4.78, 5) is 16.0. The van der Waals surface area contributed by atoms with Gasteiger partial charge in [0.2, 0.25) is 0 Å². The molecule has 0 bridgehead atoms. The molecule has 98 valence electrons. The maximum atomic E-state index is 11.0. The molecule has 0 saturated heterocycles. The molecule has 1 rings (SSSR count). The van der Waals surface area contributed by atoms with E-state index < -0.39 is 0 Å². The molecule has 4 nitrogen and oxygen atoms in total. The number of rotatable bonds is 7. The summed E-state index contributed by atoms with van der Waals surface area (Å²) >= 11 is 5.93. The minimum atomic E-state index is -0.212. The Morgan fingerprint density at radius 3 is 2.94 bits per heavy atom. The van der Waals surface area contributed by atoms with Crippen molar-refractivity contribution in [3.63, 3.8) is 0 Å². The van der Waals surface area contributed by atoms with Crippen LogP contribution in [-0.2, 0) is 14.4 Å². The first-order chi connectivity index (χ1) is 8.74. The van der Waals surface area contributed by atoms with Crippen LogP contribution in [-0.4, -0.2) is 25.4 Å². The van der Waals surface area contributed by atoms with Crippen LogP contribution in [0.4, 0.5) is 0 Å². The van der Waals surface area contributed by atoms with Crippen molar-refractivity contribution < 1.29 is 14.4 Å². The van der Waals surface area contributed by atoms with Gasteiger partial charge < -0.3 is 9.57 Å². The summed E-state index contributed by atoms with van der Waals surface area (Å²) in [6, 6.07) is 7.34. The molecule has 0 unspecified atom stereocenters. The Labute approximate surface area is 112 Å². The van der Waals surface area contributed by atoms with Crippen molar-refractivity contribution in [3.8, 4) is 0 Å². The highest BCUT2D eigenvalue weighted by Gasteiger charge is 2.00. The highest BCUT2D eigenvalue weighted by Crippen LogP contribution is 2.12. The lowest BCUT2D eigenvalue weighted by Crippen LogP contribution is -2.04. The van der Waals surface area contributed by atoms with E-state index in [0.29, 0.717) is 31.1 Å². The Hall–Kier alpha value is -1.55. The number of hydrogen-bond donors (Lipinski definition) is 0. The summed E-state index contributed by atoms with van der Waals surface area (Å²) in [5.74, 6) is -0.212. The number of nitrogens with zero attached hydrogens (tertiary/aromatic N) is 1. The normalized spacial score (nSPS) is 10.6. The van der Waals surface area contributed by atoms with E-state index >= 15 is 0 Å². The van der Waals surface area contributed by atoms with Gasteiger partial charge in [0.1, 0.15) is 6.61 Å². The van der Waals surface area contributed by atoms with Crippen LogP contribution in [0.5, 0.6) is 0 Å². The molecule has 0 aromatic heterocycles. The maximum Gasteiger partial charge on any atom is 0.305 e. The third-order valence-electron chi connectivity index (χ3n) is 2.09. The molecule has 5 heteroatoms. The second kappa shape index (κ2) is 8.53. The minimum absolute atomic E-state index is 0.212. The number of carbonyl (C=O) groups excluding carboxylic acids is 1. The quantitative estimate of drug-likeness (QED) is 0.331. The van der Waals surface area contributed by atoms with Gasteiger partial charge in [0.05, 0.1) is 12.8 Å². The number of carbonyl (C=O) groups is 1. The van der Waals surface area contributed by atoms with Crippen LogP contribution in [0.2, 0.25) is 5.02 Å². The molecular weight excluding hydrogens is 254 g/mol. The molecule has 0 radical (unpaired) electrons. The van der Waals surface area contributed by atoms with Crippen molar-refractivity contribution >= 4 is 23.8 Å². The van der Waals surface area contributed by atoms with Crippen molar-refractivity contribution in [2.45, 2.75) is 19.8 Å². The fraction of sp³-hybridized carbons (Fsp3) is 0.385. The molecule has 18 heavy (non-hydrogen) atoms. The molecule has 0 amide bonds. The SMILES string of the molecule is CCOC(=O)CCCON=Cc1ccccc1Cl. The van der Waals surface area contributed by atoms with E-state index in [4.69, 9.17) is 21.2 Å². The molecule has 0 aliphatic heterocycles. The summed E-state index contributed by atoms with van der Waals surface area (Å²) in [6.07, 6.45) is 2.47. The van der Waals surface area contributed by atoms with Gasteiger partial charge in [-0.05, 0) is 19.4 Å². The van der Waals surface area contributed by atoms with Gasteiger partial charge in [-0.1, -0.05) is 35.0 Å². The van der Waals surface area contributed by atoms with Gasteiger partial charge in [-0.25, -0.2) is 0 Å². The number of oxime groups is 1. The lowest BCUT2D eigenvalue weighted by atomic mass is 10.2. The first kappa shape index (κ1) is 14.5. The Morgan fingerprint density at radius 2 is 2.22 bits per heavy atom. The number of benzene rings is 1. The summed E-state index contributed by atoms with van der Waals surface area (Å²) in [5.41, 5.74) is 0.796. The van der Waals surface area contributed by atoms with E-state index in [2.05, 4.69) is 5.16 Å². The van der Waals surface area contributed by atoms with E-state index in [1.165, 1.54) is 0 Å². The third-order valence-corrected chi connectivity index (χ3v) is 2.44. The minimum Gasteiger partial charge on any atom is -0.466 e. The monoisotopic (exact) mass is 269 g/mol. The summed E-state index contributed by atoms with van der Waals surface area (Å²) in [6.45, 7) is 2.56. The van der Waals surface area contributed by atoms with Crippen LogP contribution in [0.25, 0.3) is 0 Å². The van der Waals surface area contributed by atoms with E-state index in [9.17, 15) is 4.79 Å². The van der Waals surface area contributed by atoms with Gasteiger partial charge >= 0.3 is 5.97 Å². The lowest BCUT2D eigenvalue weighted by Gasteiger charge is -2.01. The zero-order valence-corrected chi connectivity index (χ0v) is 11.0. The first-order valence-corrected chi connectivity index (χ1v) is 6.17. The smallest absolute Gasteiger partial charge is 0.305 e. The van der Waals surface area contributed by atoms with Gasteiger partial charge in [0, 0.05) is 17.0 Å². The van der Waals surface area contributed by atoms with Crippen molar-refractivity contribution in [1.82, 2.24) is 0 Å². The van der Waals surface area contributed by atoms with Crippen molar-refractivity contribution in [1.29, 1.82) is 0 Å². The Morgan fingerprint density at radius 1 is 1.44 bits per heavy atom. The fourth-order valence-corrected chi connectivity index (χ4v) is 1.43. The predicted molar refractivity (Wildman–Crippen MR) is 70.9 cm³/mol. The standard InChI is InChI=1S/C13H16ClNO3/c1-2-17-13(16)8-5-9-18-15-10-11-6-3-4-7-12(11)14/h3-4,6-7,10H,2,5,8-9H2,1H3. The summed E-state index contributed by atoms with van der Waals surface area (Å²) < 4.78 is 4.78. The van der Waals surface area contributed by atoms with Gasteiger partial charge in [-0.3, -0.25) is 4.79 Å². The highest BCUT2D eigenvalue weighted by molar-refractivity contribution is 6.33. The van der Waals surface area contributed by atoms with Crippen molar-refractivity contribution in [2.24, 2.45) is 5.16 Å². The summed E-state index contributed by atoms with van der Waals surface area (Å²) in [7, 11) is 0. The second-order valence-electron chi connectivity index (χ2n) is 3.50. The van der Waals surface area contributed by atoms with Crippen LogP contribution < -0.4 is 0 Å². The average molecular weight is 270 g/mol. The van der Waals surface area contributed by atoms with E-state index in [0.717, 1.165) is 5.56 Å². The van der Waals surface area contributed by atoms with Crippen LogP contribution in [0.3, 0.4) is 0 Å². The largest absolute Gasteiger partial charge is 0.466 e. The number of ether oxygens (including phenoxy) is 1. The van der Waals surface area contributed by atoms with E-state index in [-0.39, 0.29) is 5.97 Å². The molecular formula is C13H16ClNO3. The van der Waals surface area contributed by atoms with Crippen molar-refractivity contribution in [2.75, 3.05) is 13.2 Å². The maximum absolute atomic E-state index is 11.0. The van der Waals surface area contributed by atoms with Gasteiger partial charge in [-0.15, -0.1) is 0 Å². The van der Waals surface area contributed by atoms with Crippen LogP contribution in [0.15, 0.2) is 29.4 Å². The molecule has 0 fully saturated rings. The van der Waals surface area contributed by atoms with E-state index in [1.807, 2.05) is 18.2 Å². The molecule has 0 saturated carbocycles. The molecule has 1 aromatic carbocycles. The van der Waals surface area contributed by atoms with Crippen LogP contribution >= 0.6 is 11.6 Å².